The summed E-state index contributed by atoms with van der Waals surface area (Å²) in [6.45, 7) is 9.22. The van der Waals surface area contributed by atoms with Gasteiger partial charge in [0.2, 0.25) is 0 Å². The first-order chi connectivity index (χ1) is 9.52. The molecular weight excluding hydrogens is 268 g/mol. The number of rotatable bonds is 5. The van der Waals surface area contributed by atoms with Crippen LogP contribution in [0.4, 0.5) is 5.82 Å². The second kappa shape index (κ2) is 6.37. The highest BCUT2D eigenvalue weighted by molar-refractivity contribution is 7.09. The molecule has 1 N–H and O–H groups in total. The molecule has 4 heteroatoms. The third-order valence-electron chi connectivity index (χ3n) is 3.41. The molecule has 0 fully saturated rings. The van der Waals surface area contributed by atoms with Gasteiger partial charge in [-0.2, -0.15) is 0 Å². The van der Waals surface area contributed by atoms with Crippen LogP contribution in [-0.4, -0.2) is 16.1 Å². The minimum Gasteiger partial charge on any atom is -0.392 e. The molecule has 0 unspecified atom stereocenters. The van der Waals surface area contributed by atoms with E-state index in [2.05, 4.69) is 41.2 Å². The summed E-state index contributed by atoms with van der Waals surface area (Å²) in [7, 11) is 0. The van der Waals surface area contributed by atoms with E-state index >= 15 is 0 Å². The first-order valence-corrected chi connectivity index (χ1v) is 7.78. The predicted octanol–water partition coefficient (Wildman–Crippen LogP) is 3.67. The summed E-state index contributed by atoms with van der Waals surface area (Å²) in [6, 6.07) is 6.57. The van der Waals surface area contributed by atoms with E-state index in [4.69, 9.17) is 0 Å². The Kier molecular flexibility index (Phi) is 4.78. The second-order valence-electron chi connectivity index (χ2n) is 5.34. The lowest BCUT2D eigenvalue weighted by molar-refractivity contribution is 0.280. The highest BCUT2D eigenvalue weighted by atomic mass is 32.1. The Balaban J connectivity index is 2.43. The number of hydrogen-bond donors (Lipinski definition) is 1. The van der Waals surface area contributed by atoms with Gasteiger partial charge in [-0.1, -0.05) is 6.07 Å². The highest BCUT2D eigenvalue weighted by Crippen LogP contribution is 2.27. The molecule has 0 aromatic carbocycles. The van der Waals surface area contributed by atoms with E-state index in [-0.39, 0.29) is 6.61 Å². The normalized spacial score (nSPS) is 11.1. The Morgan fingerprint density at radius 3 is 2.65 bits per heavy atom. The van der Waals surface area contributed by atoms with Gasteiger partial charge in [-0.05, 0) is 50.8 Å². The standard InChI is InChI=1S/C16H22N2OS/c1-11(2)18(9-14-6-5-7-20-14)16-15(10-19)12(3)8-13(4)17-16/h5-8,11,19H,9-10H2,1-4H3. The number of hydrogen-bond acceptors (Lipinski definition) is 4. The van der Waals surface area contributed by atoms with Gasteiger partial charge in [0.25, 0.3) is 0 Å². The lowest BCUT2D eigenvalue weighted by Crippen LogP contribution is -2.32. The maximum atomic E-state index is 9.68. The van der Waals surface area contributed by atoms with Gasteiger partial charge in [-0.3, -0.25) is 0 Å². The van der Waals surface area contributed by atoms with Crippen LogP contribution in [-0.2, 0) is 13.2 Å². The summed E-state index contributed by atoms with van der Waals surface area (Å²) in [5, 5.41) is 11.8. The van der Waals surface area contributed by atoms with Crippen LogP contribution in [0.5, 0.6) is 0 Å². The van der Waals surface area contributed by atoms with Crippen molar-refractivity contribution in [1.29, 1.82) is 0 Å². The number of aliphatic hydroxyl groups is 1. The fourth-order valence-electron chi connectivity index (χ4n) is 2.35. The predicted molar refractivity (Wildman–Crippen MR) is 85.3 cm³/mol. The van der Waals surface area contributed by atoms with E-state index in [1.54, 1.807) is 11.3 Å². The maximum absolute atomic E-state index is 9.68. The quantitative estimate of drug-likeness (QED) is 0.913. The molecule has 3 nitrogen and oxygen atoms in total. The molecule has 0 bridgehead atoms. The number of aryl methyl sites for hydroxylation is 2. The zero-order valence-corrected chi connectivity index (χ0v) is 13.4. The smallest absolute Gasteiger partial charge is 0.135 e. The minimum absolute atomic E-state index is 0.0299. The molecule has 0 radical (unpaired) electrons. The van der Waals surface area contributed by atoms with Crippen molar-refractivity contribution in [2.24, 2.45) is 0 Å². The molecule has 2 aromatic heterocycles. The van der Waals surface area contributed by atoms with E-state index in [9.17, 15) is 5.11 Å². The van der Waals surface area contributed by atoms with Gasteiger partial charge in [0, 0.05) is 22.2 Å². The van der Waals surface area contributed by atoms with Crippen molar-refractivity contribution in [2.45, 2.75) is 46.9 Å². The molecule has 108 valence electrons. The van der Waals surface area contributed by atoms with Crippen molar-refractivity contribution < 1.29 is 5.11 Å². The summed E-state index contributed by atoms with van der Waals surface area (Å²) in [5.41, 5.74) is 3.03. The molecule has 0 aliphatic heterocycles. The van der Waals surface area contributed by atoms with Crippen molar-refractivity contribution in [3.63, 3.8) is 0 Å². The Bertz CT molecular complexity index is 564. The first kappa shape index (κ1) is 15.0. The van der Waals surface area contributed by atoms with Crippen LogP contribution in [0, 0.1) is 13.8 Å². The average molecular weight is 290 g/mol. The number of nitrogens with zero attached hydrogens (tertiary/aromatic N) is 2. The van der Waals surface area contributed by atoms with Gasteiger partial charge in [-0.25, -0.2) is 4.98 Å². The fraction of sp³-hybridized carbons (Fsp3) is 0.438. The van der Waals surface area contributed by atoms with E-state index in [0.29, 0.717) is 6.04 Å². The van der Waals surface area contributed by atoms with Crippen molar-refractivity contribution in [3.05, 3.63) is 45.3 Å². The summed E-state index contributed by atoms with van der Waals surface area (Å²) in [4.78, 5) is 8.25. The summed E-state index contributed by atoms with van der Waals surface area (Å²) in [5.74, 6) is 0.911. The second-order valence-corrected chi connectivity index (χ2v) is 6.37. The number of thiophene rings is 1. The molecular formula is C16H22N2OS. The largest absolute Gasteiger partial charge is 0.392 e. The van der Waals surface area contributed by atoms with E-state index in [0.717, 1.165) is 29.2 Å². The first-order valence-electron chi connectivity index (χ1n) is 6.90. The highest BCUT2D eigenvalue weighted by Gasteiger charge is 2.18. The lowest BCUT2D eigenvalue weighted by atomic mass is 10.1. The molecule has 0 spiro atoms. The molecule has 0 amide bonds. The Hall–Kier alpha value is -1.39. The Morgan fingerprint density at radius 1 is 1.35 bits per heavy atom. The maximum Gasteiger partial charge on any atom is 0.135 e. The van der Waals surface area contributed by atoms with Crippen molar-refractivity contribution in [3.8, 4) is 0 Å². The van der Waals surface area contributed by atoms with Crippen LogP contribution in [0.1, 0.15) is 35.5 Å². The molecule has 20 heavy (non-hydrogen) atoms. The van der Waals surface area contributed by atoms with Crippen LogP contribution >= 0.6 is 11.3 Å². The van der Waals surface area contributed by atoms with Crippen molar-refractivity contribution >= 4 is 17.2 Å². The number of anilines is 1. The molecule has 0 saturated heterocycles. The topological polar surface area (TPSA) is 36.4 Å². The van der Waals surface area contributed by atoms with E-state index in [1.165, 1.54) is 4.88 Å². The molecule has 0 aliphatic rings. The van der Waals surface area contributed by atoms with Crippen LogP contribution in [0.25, 0.3) is 0 Å². The molecule has 0 saturated carbocycles. The van der Waals surface area contributed by atoms with Gasteiger partial charge in [0.05, 0.1) is 13.2 Å². The molecule has 2 aromatic rings. The van der Waals surface area contributed by atoms with Crippen LogP contribution in [0.3, 0.4) is 0 Å². The zero-order valence-electron chi connectivity index (χ0n) is 12.6. The van der Waals surface area contributed by atoms with Gasteiger partial charge in [0.1, 0.15) is 5.82 Å². The van der Waals surface area contributed by atoms with Gasteiger partial charge in [-0.15, -0.1) is 11.3 Å². The fourth-order valence-corrected chi connectivity index (χ4v) is 3.05. The third-order valence-corrected chi connectivity index (χ3v) is 4.27. The van der Waals surface area contributed by atoms with E-state index in [1.807, 2.05) is 19.9 Å². The SMILES string of the molecule is Cc1cc(C)c(CO)c(N(Cc2cccs2)C(C)C)n1. The van der Waals surface area contributed by atoms with Crippen LogP contribution in [0.15, 0.2) is 23.6 Å². The summed E-state index contributed by atoms with van der Waals surface area (Å²) >= 11 is 1.75. The lowest BCUT2D eigenvalue weighted by Gasteiger charge is -2.30. The Labute approximate surface area is 124 Å². The van der Waals surface area contributed by atoms with Crippen molar-refractivity contribution in [2.75, 3.05) is 4.90 Å². The molecule has 2 heterocycles. The summed E-state index contributed by atoms with van der Waals surface area (Å²) < 4.78 is 0. The monoisotopic (exact) mass is 290 g/mol. The van der Waals surface area contributed by atoms with Crippen LogP contribution < -0.4 is 4.90 Å². The molecule has 0 atom stereocenters. The van der Waals surface area contributed by atoms with E-state index < -0.39 is 0 Å². The third kappa shape index (κ3) is 3.19. The number of aromatic nitrogens is 1. The zero-order chi connectivity index (χ0) is 14.7. The van der Waals surface area contributed by atoms with Crippen LogP contribution in [0.2, 0.25) is 0 Å². The van der Waals surface area contributed by atoms with Gasteiger partial charge >= 0.3 is 0 Å². The summed E-state index contributed by atoms with van der Waals surface area (Å²) in [6.07, 6.45) is 0. The number of pyridine rings is 1. The van der Waals surface area contributed by atoms with Crippen molar-refractivity contribution in [1.82, 2.24) is 4.98 Å². The molecule has 2 rings (SSSR count). The van der Waals surface area contributed by atoms with Gasteiger partial charge in [0.15, 0.2) is 0 Å². The molecule has 0 aliphatic carbocycles. The number of aliphatic hydroxyl groups excluding tert-OH is 1. The minimum atomic E-state index is 0.0299. The average Bonchev–Trinajstić information content (AvgIpc) is 2.87. The van der Waals surface area contributed by atoms with Gasteiger partial charge < -0.3 is 10.0 Å². The Morgan fingerprint density at radius 2 is 2.10 bits per heavy atom.